The van der Waals surface area contributed by atoms with E-state index in [-0.39, 0.29) is 24.3 Å². The maximum Gasteiger partial charge on any atom is 0.250 e. The van der Waals surface area contributed by atoms with Gasteiger partial charge >= 0.3 is 0 Å². The molecule has 1 aromatic carbocycles. The lowest BCUT2D eigenvalue weighted by molar-refractivity contribution is -0.121. The summed E-state index contributed by atoms with van der Waals surface area (Å²) in [4.78, 5) is 25.9. The zero-order chi connectivity index (χ0) is 16.1. The number of carbonyl (C=O) groups is 2. The third-order valence-corrected chi connectivity index (χ3v) is 3.68. The monoisotopic (exact) mass is 304 g/mol. The summed E-state index contributed by atoms with van der Waals surface area (Å²) >= 11 is 0. The molecule has 0 radical (unpaired) electrons. The molecule has 120 valence electrons. The number of nitrogens with one attached hydrogen (secondary N) is 1. The third-order valence-electron chi connectivity index (χ3n) is 3.68. The van der Waals surface area contributed by atoms with Crippen molar-refractivity contribution in [2.24, 2.45) is 5.92 Å². The van der Waals surface area contributed by atoms with Crippen LogP contribution in [0.1, 0.15) is 32.8 Å². The van der Waals surface area contributed by atoms with Gasteiger partial charge in [0.05, 0.1) is 0 Å². The van der Waals surface area contributed by atoms with Gasteiger partial charge in [-0.2, -0.15) is 0 Å². The Morgan fingerprint density at radius 2 is 2.14 bits per heavy atom. The smallest absolute Gasteiger partial charge is 0.250 e. The second-order valence-corrected chi connectivity index (χ2v) is 5.78. The van der Waals surface area contributed by atoms with E-state index in [9.17, 15) is 9.59 Å². The molecule has 5 heteroatoms. The van der Waals surface area contributed by atoms with Crippen LogP contribution < -0.4 is 10.2 Å². The van der Waals surface area contributed by atoms with Crippen molar-refractivity contribution in [2.75, 3.05) is 30.0 Å². The fraction of sp³-hybridized carbons (Fsp3) is 0.529. The summed E-state index contributed by atoms with van der Waals surface area (Å²) in [6.07, 6.45) is 1.94. The molecule has 0 atom stereocenters. The first-order valence-electron chi connectivity index (χ1n) is 7.84. The zero-order valence-electron chi connectivity index (χ0n) is 13.5. The fourth-order valence-corrected chi connectivity index (χ4v) is 2.58. The lowest BCUT2D eigenvalue weighted by atomic mass is 9.99. The Morgan fingerprint density at radius 1 is 1.36 bits per heavy atom. The molecule has 0 saturated heterocycles. The quantitative estimate of drug-likeness (QED) is 0.909. The number of carbonyl (C=O) groups excluding carboxylic acids is 2. The highest BCUT2D eigenvalue weighted by molar-refractivity contribution is 5.97. The van der Waals surface area contributed by atoms with E-state index in [2.05, 4.69) is 5.32 Å². The third kappa shape index (κ3) is 3.85. The molecule has 0 aliphatic carbocycles. The van der Waals surface area contributed by atoms with Crippen molar-refractivity contribution in [3.05, 3.63) is 23.8 Å². The van der Waals surface area contributed by atoms with Gasteiger partial charge in [0, 0.05) is 30.4 Å². The van der Waals surface area contributed by atoms with Gasteiger partial charge in [-0.05, 0) is 37.5 Å². The molecule has 0 saturated carbocycles. The van der Waals surface area contributed by atoms with Crippen LogP contribution in [0, 0.1) is 5.92 Å². The van der Waals surface area contributed by atoms with Crippen LogP contribution >= 0.6 is 0 Å². The Labute approximate surface area is 131 Å². The summed E-state index contributed by atoms with van der Waals surface area (Å²) in [7, 11) is 0. The maximum atomic E-state index is 12.4. The lowest BCUT2D eigenvalue weighted by Gasteiger charge is -2.31. The molecule has 1 N–H and O–H groups in total. The maximum absolute atomic E-state index is 12.4. The molecule has 0 spiro atoms. The molecular formula is C17H24N2O3. The summed E-state index contributed by atoms with van der Waals surface area (Å²) in [6, 6.07) is 5.76. The predicted molar refractivity (Wildman–Crippen MR) is 87.1 cm³/mol. The van der Waals surface area contributed by atoms with Gasteiger partial charge in [-0.25, -0.2) is 0 Å². The van der Waals surface area contributed by atoms with Crippen molar-refractivity contribution in [1.29, 1.82) is 0 Å². The zero-order valence-corrected chi connectivity index (χ0v) is 13.5. The van der Waals surface area contributed by atoms with Crippen LogP contribution in [0.3, 0.4) is 0 Å². The topological polar surface area (TPSA) is 58.6 Å². The number of hydrogen-bond acceptors (Lipinski definition) is 3. The molecular weight excluding hydrogens is 280 g/mol. The highest BCUT2D eigenvalue weighted by Crippen LogP contribution is 2.31. The molecule has 0 bridgehead atoms. The van der Waals surface area contributed by atoms with Gasteiger partial charge in [-0.3, -0.25) is 9.59 Å². The van der Waals surface area contributed by atoms with Gasteiger partial charge < -0.3 is 15.0 Å². The number of rotatable bonds is 5. The molecule has 1 aromatic rings. The van der Waals surface area contributed by atoms with E-state index >= 15 is 0 Å². The van der Waals surface area contributed by atoms with Gasteiger partial charge in [0.25, 0.3) is 0 Å². The second-order valence-electron chi connectivity index (χ2n) is 5.78. The summed E-state index contributed by atoms with van der Waals surface area (Å²) in [5, 5.41) is 2.81. The summed E-state index contributed by atoms with van der Waals surface area (Å²) in [5.41, 5.74) is 2.77. The fourth-order valence-electron chi connectivity index (χ4n) is 2.58. The van der Waals surface area contributed by atoms with Crippen LogP contribution in [-0.2, 0) is 20.7 Å². The van der Waals surface area contributed by atoms with Crippen LogP contribution in [-0.4, -0.2) is 31.6 Å². The Bertz CT molecular complexity index is 555. The van der Waals surface area contributed by atoms with E-state index in [0.29, 0.717) is 12.3 Å². The first-order valence-corrected chi connectivity index (χ1v) is 7.84. The average molecular weight is 304 g/mol. The normalized spacial score (nSPS) is 13.9. The van der Waals surface area contributed by atoms with Crippen molar-refractivity contribution >= 4 is 23.2 Å². The molecule has 0 unspecified atom stereocenters. The van der Waals surface area contributed by atoms with Crippen LogP contribution in [0.15, 0.2) is 18.2 Å². The molecule has 2 amide bonds. The van der Waals surface area contributed by atoms with E-state index < -0.39 is 0 Å². The highest BCUT2D eigenvalue weighted by atomic mass is 16.5. The van der Waals surface area contributed by atoms with Crippen molar-refractivity contribution in [1.82, 2.24) is 0 Å². The summed E-state index contributed by atoms with van der Waals surface area (Å²) in [6.45, 7) is 6.95. The standard InChI is InChI=1S/C17H24N2O3/c1-4-22-11-16(20)18-14-8-7-13-6-5-9-19(15(13)10-14)17(21)12(2)3/h7-8,10,12H,4-6,9,11H2,1-3H3,(H,18,20). The molecule has 1 aliphatic rings. The predicted octanol–water partition coefficient (Wildman–Crippen LogP) is 2.60. The van der Waals surface area contributed by atoms with Crippen molar-refractivity contribution in [3.63, 3.8) is 0 Å². The summed E-state index contributed by atoms with van der Waals surface area (Å²) < 4.78 is 5.09. The number of nitrogens with zero attached hydrogens (tertiary/aromatic N) is 1. The number of benzene rings is 1. The minimum Gasteiger partial charge on any atom is -0.372 e. The Kier molecular flexibility index (Phi) is 5.55. The first kappa shape index (κ1) is 16.5. The van der Waals surface area contributed by atoms with Gasteiger partial charge in [0.15, 0.2) is 0 Å². The van der Waals surface area contributed by atoms with Crippen LogP contribution in [0.25, 0.3) is 0 Å². The van der Waals surface area contributed by atoms with Gasteiger partial charge in [0.2, 0.25) is 11.8 Å². The minimum atomic E-state index is -0.181. The Balaban J connectivity index is 2.18. The number of anilines is 2. The average Bonchev–Trinajstić information content (AvgIpc) is 2.51. The van der Waals surface area contributed by atoms with Gasteiger partial charge in [0.1, 0.15) is 6.61 Å². The number of fused-ring (bicyclic) bond motifs is 1. The molecule has 5 nitrogen and oxygen atoms in total. The molecule has 22 heavy (non-hydrogen) atoms. The number of ether oxygens (including phenoxy) is 1. The molecule has 1 heterocycles. The van der Waals surface area contributed by atoms with E-state index in [1.54, 1.807) is 0 Å². The van der Waals surface area contributed by atoms with Crippen molar-refractivity contribution in [3.8, 4) is 0 Å². The van der Waals surface area contributed by atoms with E-state index in [0.717, 1.165) is 30.6 Å². The number of aryl methyl sites for hydroxylation is 1. The van der Waals surface area contributed by atoms with Crippen molar-refractivity contribution < 1.29 is 14.3 Å². The largest absolute Gasteiger partial charge is 0.372 e. The highest BCUT2D eigenvalue weighted by Gasteiger charge is 2.24. The Morgan fingerprint density at radius 3 is 2.82 bits per heavy atom. The Hall–Kier alpha value is -1.88. The SMILES string of the molecule is CCOCC(=O)Nc1ccc2c(c1)N(C(=O)C(C)C)CCC2. The van der Waals surface area contributed by atoms with Gasteiger partial charge in [-0.15, -0.1) is 0 Å². The van der Waals surface area contributed by atoms with Crippen LogP contribution in [0.2, 0.25) is 0 Å². The first-order chi connectivity index (χ1) is 10.5. The number of amides is 2. The van der Waals surface area contributed by atoms with Crippen LogP contribution in [0.4, 0.5) is 11.4 Å². The van der Waals surface area contributed by atoms with E-state index in [1.807, 2.05) is 43.9 Å². The lowest BCUT2D eigenvalue weighted by Crippen LogP contribution is -2.38. The number of hydrogen-bond donors (Lipinski definition) is 1. The van der Waals surface area contributed by atoms with Crippen LogP contribution in [0.5, 0.6) is 0 Å². The molecule has 0 aromatic heterocycles. The molecule has 0 fully saturated rings. The van der Waals surface area contributed by atoms with E-state index in [4.69, 9.17) is 4.74 Å². The van der Waals surface area contributed by atoms with Gasteiger partial charge in [-0.1, -0.05) is 19.9 Å². The molecule has 1 aliphatic heterocycles. The second kappa shape index (κ2) is 7.40. The van der Waals surface area contributed by atoms with Crippen molar-refractivity contribution in [2.45, 2.75) is 33.6 Å². The minimum absolute atomic E-state index is 0.0397. The summed E-state index contributed by atoms with van der Waals surface area (Å²) in [5.74, 6) is -0.0970. The molecule has 2 rings (SSSR count). The van der Waals surface area contributed by atoms with E-state index in [1.165, 1.54) is 0 Å².